The monoisotopic (exact) mass is 253 g/mol. The second kappa shape index (κ2) is 5.52. The summed E-state index contributed by atoms with van der Waals surface area (Å²) in [6, 6.07) is -0.612. The fourth-order valence-electron chi connectivity index (χ4n) is 1.42. The lowest BCUT2D eigenvalue weighted by Gasteiger charge is -2.20. The third-order valence-corrected chi connectivity index (χ3v) is 2.78. The number of anilines is 1. The van der Waals surface area contributed by atoms with Crippen molar-refractivity contribution in [3.63, 3.8) is 0 Å². The maximum absolute atomic E-state index is 11.9. The van der Waals surface area contributed by atoms with Gasteiger partial charge in [0.05, 0.1) is 11.4 Å². The summed E-state index contributed by atoms with van der Waals surface area (Å²) in [5, 5.41) is 9.00. The number of rotatable bonds is 4. The number of aromatic nitrogens is 2. The van der Waals surface area contributed by atoms with Gasteiger partial charge in [0, 0.05) is 13.6 Å². The molecule has 0 aliphatic rings. The maximum atomic E-state index is 11.9. The first-order valence-corrected chi connectivity index (χ1v) is 5.74. The van der Waals surface area contributed by atoms with Gasteiger partial charge in [0.25, 0.3) is 5.91 Å². The molecule has 1 unspecified atom stereocenters. The van der Waals surface area contributed by atoms with Gasteiger partial charge in [0.1, 0.15) is 6.04 Å². The normalized spacial score (nSPS) is 12.0. The Balaban J connectivity index is 2.71. The molecule has 1 heterocycles. The lowest BCUT2D eigenvalue weighted by molar-refractivity contribution is -0.131. The Kier molecular flexibility index (Phi) is 4.30. The number of nitrogen functional groups attached to an aromatic ring is 1. The molecule has 0 aliphatic heterocycles. The van der Waals surface area contributed by atoms with E-state index >= 15 is 0 Å². The summed E-state index contributed by atoms with van der Waals surface area (Å²) < 4.78 is 0. The van der Waals surface area contributed by atoms with Crippen molar-refractivity contribution in [3.05, 3.63) is 11.4 Å². The van der Waals surface area contributed by atoms with E-state index in [1.165, 1.54) is 4.90 Å². The molecule has 0 bridgehead atoms. The summed E-state index contributed by atoms with van der Waals surface area (Å²) in [5.41, 5.74) is 6.74. The molecule has 1 rings (SSSR count). The number of hydrogen-bond donors (Lipinski definition) is 3. The highest BCUT2D eigenvalue weighted by Crippen LogP contribution is 2.12. The molecule has 4 N–H and O–H groups in total. The molecule has 0 aliphatic carbocycles. The Labute approximate surface area is 106 Å². The zero-order valence-corrected chi connectivity index (χ0v) is 11.1. The number of aryl methyl sites for hydroxylation is 1. The van der Waals surface area contributed by atoms with E-state index in [0.29, 0.717) is 17.9 Å². The van der Waals surface area contributed by atoms with E-state index < -0.39 is 11.9 Å². The number of nitrogens with two attached hydrogens (primary N) is 1. The molecule has 0 spiro atoms. The smallest absolute Gasteiger partial charge is 0.274 e. The van der Waals surface area contributed by atoms with Crippen LogP contribution in [-0.2, 0) is 4.79 Å². The Bertz CT molecular complexity index is 454. The fraction of sp³-hybridized carbons (Fsp3) is 0.545. The summed E-state index contributed by atoms with van der Waals surface area (Å²) >= 11 is 0. The van der Waals surface area contributed by atoms with Crippen LogP contribution in [0.25, 0.3) is 0 Å². The first-order chi connectivity index (χ1) is 8.38. The van der Waals surface area contributed by atoms with Gasteiger partial charge in [-0.05, 0) is 20.8 Å². The van der Waals surface area contributed by atoms with E-state index in [0.717, 1.165) is 0 Å². The van der Waals surface area contributed by atoms with Crippen LogP contribution in [0.2, 0.25) is 0 Å². The highest BCUT2D eigenvalue weighted by molar-refractivity contribution is 6.00. The first-order valence-electron chi connectivity index (χ1n) is 5.74. The number of H-pyrrole nitrogens is 1. The fourth-order valence-corrected chi connectivity index (χ4v) is 1.42. The van der Waals surface area contributed by atoms with Crippen molar-refractivity contribution in [2.24, 2.45) is 0 Å². The standard InChI is InChI=1S/C11H19N5O2/c1-5-16(4)11(18)7(3)13-10(17)9-8(12)6(2)14-15-9/h7H,5,12H2,1-4H3,(H,13,17)(H,14,15). The zero-order chi connectivity index (χ0) is 13.9. The zero-order valence-electron chi connectivity index (χ0n) is 11.1. The van der Waals surface area contributed by atoms with E-state index in [1.807, 2.05) is 6.92 Å². The van der Waals surface area contributed by atoms with Crippen LogP contribution in [0.15, 0.2) is 0 Å². The molecule has 1 atom stereocenters. The Morgan fingerprint density at radius 3 is 2.61 bits per heavy atom. The molecule has 18 heavy (non-hydrogen) atoms. The maximum Gasteiger partial charge on any atom is 0.274 e. The average Bonchev–Trinajstić information content (AvgIpc) is 2.68. The van der Waals surface area contributed by atoms with Gasteiger partial charge in [0.2, 0.25) is 5.91 Å². The van der Waals surface area contributed by atoms with Crippen molar-refractivity contribution in [2.75, 3.05) is 19.3 Å². The van der Waals surface area contributed by atoms with Crippen molar-refractivity contribution in [3.8, 4) is 0 Å². The van der Waals surface area contributed by atoms with Gasteiger partial charge in [0.15, 0.2) is 5.69 Å². The highest BCUT2D eigenvalue weighted by atomic mass is 16.2. The number of nitrogens with zero attached hydrogens (tertiary/aromatic N) is 2. The summed E-state index contributed by atoms with van der Waals surface area (Å²) in [6.07, 6.45) is 0. The molecular weight excluding hydrogens is 234 g/mol. The number of likely N-dealkylation sites (N-methyl/N-ethyl adjacent to an activating group) is 1. The summed E-state index contributed by atoms with van der Waals surface area (Å²) in [5.74, 6) is -0.612. The van der Waals surface area contributed by atoms with Gasteiger partial charge in [-0.1, -0.05) is 0 Å². The van der Waals surface area contributed by atoms with Crippen LogP contribution in [0.1, 0.15) is 30.0 Å². The van der Waals surface area contributed by atoms with E-state index in [1.54, 1.807) is 20.9 Å². The topological polar surface area (TPSA) is 104 Å². The van der Waals surface area contributed by atoms with Gasteiger partial charge >= 0.3 is 0 Å². The molecule has 0 saturated heterocycles. The summed E-state index contributed by atoms with van der Waals surface area (Å²) in [6.45, 7) is 5.80. The van der Waals surface area contributed by atoms with Gasteiger partial charge < -0.3 is 16.0 Å². The SMILES string of the molecule is CCN(C)C(=O)C(C)NC(=O)c1n[nH]c(C)c1N. The van der Waals surface area contributed by atoms with Gasteiger partial charge in [-0.25, -0.2) is 0 Å². The Morgan fingerprint density at radius 1 is 1.56 bits per heavy atom. The molecule has 2 amide bonds. The first kappa shape index (κ1) is 14.0. The molecular formula is C11H19N5O2. The van der Waals surface area contributed by atoms with Crippen LogP contribution in [-0.4, -0.2) is 46.5 Å². The largest absolute Gasteiger partial charge is 0.395 e. The Morgan fingerprint density at radius 2 is 2.17 bits per heavy atom. The van der Waals surface area contributed by atoms with Crippen molar-refractivity contribution in [2.45, 2.75) is 26.8 Å². The molecule has 1 aromatic rings. The third kappa shape index (κ3) is 2.79. The van der Waals surface area contributed by atoms with Gasteiger partial charge in [-0.15, -0.1) is 0 Å². The minimum absolute atomic E-state index is 0.117. The lowest BCUT2D eigenvalue weighted by atomic mass is 10.2. The predicted octanol–water partition coefficient (Wildman–Crippen LogP) is -0.103. The quantitative estimate of drug-likeness (QED) is 0.696. The van der Waals surface area contributed by atoms with E-state index in [2.05, 4.69) is 15.5 Å². The van der Waals surface area contributed by atoms with E-state index in [-0.39, 0.29) is 11.6 Å². The van der Waals surface area contributed by atoms with Crippen molar-refractivity contribution >= 4 is 17.5 Å². The molecule has 7 nitrogen and oxygen atoms in total. The predicted molar refractivity (Wildman–Crippen MR) is 68.0 cm³/mol. The van der Waals surface area contributed by atoms with E-state index in [4.69, 9.17) is 5.73 Å². The van der Waals surface area contributed by atoms with Crippen LogP contribution < -0.4 is 11.1 Å². The van der Waals surface area contributed by atoms with Crippen LogP contribution >= 0.6 is 0 Å². The summed E-state index contributed by atoms with van der Waals surface area (Å²) in [4.78, 5) is 25.2. The lowest BCUT2D eigenvalue weighted by Crippen LogP contribution is -2.45. The molecule has 7 heteroatoms. The van der Waals surface area contributed by atoms with Gasteiger partial charge in [-0.3, -0.25) is 14.7 Å². The number of nitrogens with one attached hydrogen (secondary N) is 2. The molecule has 0 radical (unpaired) electrons. The van der Waals surface area contributed by atoms with Crippen LogP contribution in [0, 0.1) is 6.92 Å². The molecule has 0 fully saturated rings. The van der Waals surface area contributed by atoms with Crippen molar-refractivity contribution < 1.29 is 9.59 Å². The van der Waals surface area contributed by atoms with Crippen molar-refractivity contribution in [1.82, 2.24) is 20.4 Å². The number of hydrogen-bond acceptors (Lipinski definition) is 4. The summed E-state index contributed by atoms with van der Waals surface area (Å²) in [7, 11) is 1.68. The minimum Gasteiger partial charge on any atom is -0.395 e. The van der Waals surface area contributed by atoms with Gasteiger partial charge in [-0.2, -0.15) is 5.10 Å². The molecule has 0 aromatic carbocycles. The number of aromatic amines is 1. The van der Waals surface area contributed by atoms with Crippen molar-refractivity contribution in [1.29, 1.82) is 0 Å². The second-order valence-corrected chi connectivity index (χ2v) is 4.16. The molecule has 100 valence electrons. The van der Waals surface area contributed by atoms with Crippen LogP contribution in [0.4, 0.5) is 5.69 Å². The molecule has 1 aromatic heterocycles. The number of amides is 2. The average molecular weight is 253 g/mol. The van der Waals surface area contributed by atoms with E-state index in [9.17, 15) is 9.59 Å². The van der Waals surface area contributed by atoms with Crippen LogP contribution in [0.5, 0.6) is 0 Å². The highest BCUT2D eigenvalue weighted by Gasteiger charge is 2.22. The van der Waals surface area contributed by atoms with Crippen LogP contribution in [0.3, 0.4) is 0 Å². The number of carbonyl (C=O) groups excluding carboxylic acids is 2. The molecule has 0 saturated carbocycles. The second-order valence-electron chi connectivity index (χ2n) is 4.16. The number of carbonyl (C=O) groups is 2. The third-order valence-electron chi connectivity index (χ3n) is 2.78. The minimum atomic E-state index is -0.612. The Hall–Kier alpha value is -2.05.